The third kappa shape index (κ3) is 2.46. The van der Waals surface area contributed by atoms with Crippen molar-refractivity contribution >= 4 is 17.4 Å². The zero-order valence-electron chi connectivity index (χ0n) is 12.8. The lowest BCUT2D eigenvalue weighted by Crippen LogP contribution is -2.36. The first-order valence-electron chi connectivity index (χ1n) is 7.99. The number of benzene rings is 1. The summed E-state index contributed by atoms with van der Waals surface area (Å²) in [6, 6.07) is 11.0. The number of hydrogen-bond donors (Lipinski definition) is 0. The average Bonchev–Trinajstić information content (AvgIpc) is 3.22. The summed E-state index contributed by atoms with van der Waals surface area (Å²) in [6.45, 7) is 1.94. The first-order chi connectivity index (χ1) is 11.2. The van der Waals surface area contributed by atoms with Crippen LogP contribution in [0.25, 0.3) is 0 Å². The Hall–Kier alpha value is -2.43. The minimum atomic E-state index is -0.327. The van der Waals surface area contributed by atoms with Gasteiger partial charge in [-0.15, -0.1) is 0 Å². The summed E-state index contributed by atoms with van der Waals surface area (Å²) < 4.78 is 13.9. The zero-order chi connectivity index (χ0) is 15.8. The minimum Gasteiger partial charge on any atom is -0.353 e. The molecule has 1 aromatic carbocycles. The fourth-order valence-electron chi connectivity index (χ4n) is 3.55. The average molecular weight is 311 g/mol. The van der Waals surface area contributed by atoms with Gasteiger partial charge in [0.05, 0.1) is 5.92 Å². The van der Waals surface area contributed by atoms with Gasteiger partial charge in [0, 0.05) is 31.5 Å². The Labute approximate surface area is 134 Å². The van der Waals surface area contributed by atoms with Crippen LogP contribution in [0.4, 0.5) is 15.9 Å². The highest BCUT2D eigenvalue weighted by molar-refractivity contribution is 5.97. The van der Waals surface area contributed by atoms with Crippen molar-refractivity contribution in [1.29, 1.82) is 0 Å². The van der Waals surface area contributed by atoms with Crippen molar-refractivity contribution in [3.63, 3.8) is 0 Å². The Kier molecular flexibility index (Phi) is 3.48. The number of fused-ring (bicyclic) bond motifs is 1. The van der Waals surface area contributed by atoms with Crippen LogP contribution in [0.3, 0.4) is 0 Å². The van der Waals surface area contributed by atoms with Gasteiger partial charge in [0.15, 0.2) is 11.6 Å². The molecule has 4 nitrogen and oxygen atoms in total. The Morgan fingerprint density at radius 2 is 2.04 bits per heavy atom. The van der Waals surface area contributed by atoms with Crippen molar-refractivity contribution in [3.05, 3.63) is 54.0 Å². The number of carbonyl (C=O) groups is 1. The van der Waals surface area contributed by atoms with Crippen molar-refractivity contribution in [2.45, 2.75) is 12.8 Å². The van der Waals surface area contributed by atoms with E-state index in [0.717, 1.165) is 25.1 Å². The van der Waals surface area contributed by atoms with Crippen LogP contribution in [0.15, 0.2) is 42.6 Å². The molecule has 0 bridgehead atoms. The van der Waals surface area contributed by atoms with Crippen LogP contribution in [0.2, 0.25) is 0 Å². The molecule has 0 saturated carbocycles. The first kappa shape index (κ1) is 14.2. The lowest BCUT2D eigenvalue weighted by Gasteiger charge is -2.22. The fraction of sp³-hybridized carbons (Fsp3) is 0.333. The predicted molar refractivity (Wildman–Crippen MR) is 87.0 cm³/mol. The third-order valence-electron chi connectivity index (χ3n) is 4.73. The van der Waals surface area contributed by atoms with E-state index >= 15 is 0 Å². The number of para-hydroxylation sites is 1. The van der Waals surface area contributed by atoms with Gasteiger partial charge in [-0.2, -0.15) is 0 Å². The zero-order valence-corrected chi connectivity index (χ0v) is 12.8. The molecule has 1 fully saturated rings. The van der Waals surface area contributed by atoms with Crippen molar-refractivity contribution in [3.8, 4) is 0 Å². The molecule has 1 saturated heterocycles. The summed E-state index contributed by atoms with van der Waals surface area (Å²) in [4.78, 5) is 20.7. The van der Waals surface area contributed by atoms with Crippen molar-refractivity contribution < 1.29 is 9.18 Å². The highest BCUT2D eigenvalue weighted by atomic mass is 19.1. The quantitative estimate of drug-likeness (QED) is 0.855. The SMILES string of the molecule is O=C(C1CCN(c2ncccc2F)C1)N1CCc2ccccc21. The molecule has 0 radical (unpaired) electrons. The number of amides is 1. The molecule has 118 valence electrons. The van der Waals surface area contributed by atoms with E-state index in [1.54, 1.807) is 12.3 Å². The second-order valence-electron chi connectivity index (χ2n) is 6.11. The Morgan fingerprint density at radius 1 is 1.17 bits per heavy atom. The molecular weight excluding hydrogens is 293 g/mol. The summed E-state index contributed by atoms with van der Waals surface area (Å²) in [5, 5.41) is 0. The van der Waals surface area contributed by atoms with Crippen LogP contribution >= 0.6 is 0 Å². The predicted octanol–water partition coefficient (Wildman–Crippen LogP) is 2.64. The molecule has 5 heteroatoms. The van der Waals surface area contributed by atoms with Crippen LogP contribution < -0.4 is 9.80 Å². The van der Waals surface area contributed by atoms with E-state index in [-0.39, 0.29) is 17.6 Å². The standard InChI is InChI=1S/C18H18FN3O/c19-15-5-3-9-20-17(15)21-10-7-14(12-21)18(23)22-11-8-13-4-1-2-6-16(13)22/h1-6,9,14H,7-8,10-12H2. The van der Waals surface area contributed by atoms with E-state index in [1.807, 2.05) is 28.0 Å². The van der Waals surface area contributed by atoms with Gasteiger partial charge in [0.25, 0.3) is 0 Å². The molecule has 1 atom stereocenters. The van der Waals surface area contributed by atoms with Gasteiger partial charge in [0.1, 0.15) is 0 Å². The van der Waals surface area contributed by atoms with E-state index in [4.69, 9.17) is 0 Å². The van der Waals surface area contributed by atoms with Gasteiger partial charge in [-0.3, -0.25) is 4.79 Å². The number of aromatic nitrogens is 1. The fourth-order valence-corrected chi connectivity index (χ4v) is 3.55. The van der Waals surface area contributed by atoms with Crippen LogP contribution in [-0.4, -0.2) is 30.5 Å². The number of rotatable bonds is 2. The second kappa shape index (κ2) is 5.65. The second-order valence-corrected chi connectivity index (χ2v) is 6.11. The number of anilines is 2. The van der Waals surface area contributed by atoms with Crippen molar-refractivity contribution in [1.82, 2.24) is 4.98 Å². The molecule has 23 heavy (non-hydrogen) atoms. The molecule has 3 heterocycles. The topological polar surface area (TPSA) is 36.4 Å². The van der Waals surface area contributed by atoms with Crippen LogP contribution in [0, 0.1) is 11.7 Å². The molecule has 0 N–H and O–H groups in total. The minimum absolute atomic E-state index is 0.0948. The molecule has 0 spiro atoms. The molecular formula is C18H18FN3O. The van der Waals surface area contributed by atoms with Gasteiger partial charge in [0.2, 0.25) is 5.91 Å². The number of carbonyl (C=O) groups excluding carboxylic acids is 1. The maximum atomic E-state index is 13.9. The third-order valence-corrected chi connectivity index (χ3v) is 4.73. The molecule has 1 aromatic heterocycles. The smallest absolute Gasteiger partial charge is 0.231 e. The summed E-state index contributed by atoms with van der Waals surface area (Å²) in [5.74, 6) is 0.0769. The Morgan fingerprint density at radius 3 is 2.91 bits per heavy atom. The highest BCUT2D eigenvalue weighted by Gasteiger charge is 2.35. The number of hydrogen-bond acceptors (Lipinski definition) is 3. The molecule has 1 amide bonds. The lowest BCUT2D eigenvalue weighted by molar-refractivity contribution is -0.121. The van der Waals surface area contributed by atoms with Crippen molar-refractivity contribution in [2.24, 2.45) is 5.92 Å². The first-order valence-corrected chi connectivity index (χ1v) is 7.99. The van der Waals surface area contributed by atoms with E-state index in [0.29, 0.717) is 18.9 Å². The lowest BCUT2D eigenvalue weighted by atomic mass is 10.1. The maximum absolute atomic E-state index is 13.9. The maximum Gasteiger partial charge on any atom is 0.231 e. The number of nitrogens with zero attached hydrogens (tertiary/aromatic N) is 3. The van der Waals surface area contributed by atoms with Crippen LogP contribution in [0.5, 0.6) is 0 Å². The molecule has 2 aliphatic rings. The largest absolute Gasteiger partial charge is 0.353 e. The van der Waals surface area contributed by atoms with Gasteiger partial charge in [-0.05, 0) is 36.6 Å². The summed E-state index contributed by atoms with van der Waals surface area (Å²) in [6.07, 6.45) is 3.24. The number of halogens is 1. The van der Waals surface area contributed by atoms with Crippen molar-refractivity contribution in [2.75, 3.05) is 29.4 Å². The molecule has 4 rings (SSSR count). The van der Waals surface area contributed by atoms with Gasteiger partial charge in [-0.25, -0.2) is 9.37 Å². The molecule has 2 aliphatic heterocycles. The Bertz CT molecular complexity index is 749. The molecule has 0 aliphatic carbocycles. The monoisotopic (exact) mass is 311 g/mol. The van der Waals surface area contributed by atoms with E-state index in [9.17, 15) is 9.18 Å². The normalized spacial score (nSPS) is 20.0. The van der Waals surface area contributed by atoms with E-state index in [2.05, 4.69) is 11.1 Å². The molecule has 1 unspecified atom stereocenters. The van der Waals surface area contributed by atoms with Gasteiger partial charge in [-0.1, -0.05) is 18.2 Å². The summed E-state index contributed by atoms with van der Waals surface area (Å²) >= 11 is 0. The summed E-state index contributed by atoms with van der Waals surface area (Å²) in [7, 11) is 0. The van der Waals surface area contributed by atoms with Gasteiger partial charge < -0.3 is 9.80 Å². The highest BCUT2D eigenvalue weighted by Crippen LogP contribution is 2.31. The van der Waals surface area contributed by atoms with E-state index < -0.39 is 0 Å². The van der Waals surface area contributed by atoms with Gasteiger partial charge >= 0.3 is 0 Å². The summed E-state index contributed by atoms with van der Waals surface area (Å²) in [5.41, 5.74) is 2.26. The van der Waals surface area contributed by atoms with E-state index in [1.165, 1.54) is 11.6 Å². The number of pyridine rings is 1. The van der Waals surface area contributed by atoms with Crippen LogP contribution in [0.1, 0.15) is 12.0 Å². The van der Waals surface area contributed by atoms with Crippen LogP contribution in [-0.2, 0) is 11.2 Å². The molecule has 2 aromatic rings. The Balaban J connectivity index is 1.50.